The summed E-state index contributed by atoms with van der Waals surface area (Å²) in [6.45, 7) is 1.85. The first kappa shape index (κ1) is 17.7. The lowest BCUT2D eigenvalue weighted by Crippen LogP contribution is -2.44. The minimum atomic E-state index is -0.354. The summed E-state index contributed by atoms with van der Waals surface area (Å²) in [5, 5.41) is 6.36. The van der Waals surface area contributed by atoms with Crippen LogP contribution in [0.3, 0.4) is 0 Å². The van der Waals surface area contributed by atoms with Gasteiger partial charge in [-0.05, 0) is 31.9 Å². The fraction of sp³-hybridized carbons (Fsp3) is 0.529. The molecule has 1 fully saturated rings. The number of carbonyl (C=O) groups is 2. The van der Waals surface area contributed by atoms with Crippen LogP contribution in [0.15, 0.2) is 29.2 Å². The summed E-state index contributed by atoms with van der Waals surface area (Å²) in [6, 6.07) is 7.62. The molecule has 1 atom stereocenters. The number of rotatable bonds is 7. The predicted octanol–water partition coefficient (Wildman–Crippen LogP) is 2.51. The van der Waals surface area contributed by atoms with Crippen LogP contribution >= 0.6 is 11.8 Å². The third-order valence-electron chi connectivity index (χ3n) is 3.97. The lowest BCUT2D eigenvalue weighted by Gasteiger charge is -2.25. The van der Waals surface area contributed by atoms with Gasteiger partial charge in [0.05, 0.1) is 5.75 Å². The first-order chi connectivity index (χ1) is 11.1. The van der Waals surface area contributed by atoms with Crippen LogP contribution in [0.5, 0.6) is 0 Å². The molecule has 5 nitrogen and oxygen atoms in total. The molecule has 0 spiro atoms. The Hall–Kier alpha value is -1.69. The monoisotopic (exact) mass is 335 g/mol. The molecule has 0 bridgehead atoms. The molecule has 0 unspecified atom stereocenters. The van der Waals surface area contributed by atoms with Crippen molar-refractivity contribution >= 4 is 29.3 Å². The normalized spacial score (nSPS) is 16.6. The summed E-state index contributed by atoms with van der Waals surface area (Å²) in [5.74, 6) is -0.110. The van der Waals surface area contributed by atoms with Gasteiger partial charge in [-0.15, -0.1) is 11.8 Å². The molecule has 126 valence electrons. The summed E-state index contributed by atoms with van der Waals surface area (Å²) in [6.07, 6.45) is 5.80. The maximum absolute atomic E-state index is 12.3. The zero-order chi connectivity index (χ0) is 16.7. The Morgan fingerprint density at radius 1 is 1.26 bits per heavy atom. The van der Waals surface area contributed by atoms with Crippen LogP contribution in [0, 0.1) is 0 Å². The predicted molar refractivity (Wildman–Crippen MR) is 94.5 cm³/mol. The first-order valence-corrected chi connectivity index (χ1v) is 9.12. The van der Waals surface area contributed by atoms with Gasteiger partial charge in [0, 0.05) is 16.6 Å². The molecule has 2 amide bonds. The van der Waals surface area contributed by atoms with E-state index in [9.17, 15) is 9.59 Å². The Kier molecular flexibility index (Phi) is 6.77. The van der Waals surface area contributed by atoms with Crippen molar-refractivity contribution in [1.82, 2.24) is 5.32 Å². The molecule has 23 heavy (non-hydrogen) atoms. The molecule has 1 aromatic carbocycles. The SMILES string of the molecule is C[C@@H](Nc1ccccc1SCC(N)=O)C(=O)NC1CCCCC1. The average molecular weight is 335 g/mol. The zero-order valence-electron chi connectivity index (χ0n) is 13.5. The highest BCUT2D eigenvalue weighted by molar-refractivity contribution is 8.00. The third kappa shape index (κ3) is 5.78. The van der Waals surface area contributed by atoms with Gasteiger partial charge in [0.1, 0.15) is 6.04 Å². The van der Waals surface area contributed by atoms with Gasteiger partial charge in [-0.3, -0.25) is 9.59 Å². The van der Waals surface area contributed by atoms with Crippen molar-refractivity contribution in [3.63, 3.8) is 0 Å². The Bertz CT molecular complexity index is 544. The number of amides is 2. The van der Waals surface area contributed by atoms with Crippen molar-refractivity contribution in [3.8, 4) is 0 Å². The number of hydrogen-bond donors (Lipinski definition) is 3. The van der Waals surface area contributed by atoms with Gasteiger partial charge in [-0.1, -0.05) is 31.4 Å². The molecule has 0 heterocycles. The Balaban J connectivity index is 1.92. The zero-order valence-corrected chi connectivity index (χ0v) is 14.3. The second kappa shape index (κ2) is 8.82. The molecule has 0 saturated heterocycles. The molecule has 0 radical (unpaired) electrons. The highest BCUT2D eigenvalue weighted by atomic mass is 32.2. The average Bonchev–Trinajstić information content (AvgIpc) is 2.54. The van der Waals surface area contributed by atoms with Crippen LogP contribution in [0.25, 0.3) is 0 Å². The van der Waals surface area contributed by atoms with Crippen molar-refractivity contribution in [2.24, 2.45) is 5.73 Å². The number of primary amides is 1. The van der Waals surface area contributed by atoms with E-state index < -0.39 is 0 Å². The fourth-order valence-corrected chi connectivity index (χ4v) is 3.49. The molecule has 1 saturated carbocycles. The molecule has 0 aromatic heterocycles. The van der Waals surface area contributed by atoms with Crippen molar-refractivity contribution in [1.29, 1.82) is 0 Å². The van der Waals surface area contributed by atoms with E-state index in [0.717, 1.165) is 23.4 Å². The van der Waals surface area contributed by atoms with E-state index in [0.29, 0.717) is 6.04 Å². The molecule has 0 aliphatic heterocycles. The minimum absolute atomic E-state index is 0.0200. The molecule has 1 aliphatic carbocycles. The summed E-state index contributed by atoms with van der Waals surface area (Å²) >= 11 is 1.38. The molecule has 1 aliphatic rings. The summed E-state index contributed by atoms with van der Waals surface area (Å²) in [4.78, 5) is 24.2. The maximum atomic E-state index is 12.3. The Morgan fingerprint density at radius 3 is 2.65 bits per heavy atom. The van der Waals surface area contributed by atoms with Gasteiger partial charge >= 0.3 is 0 Å². The van der Waals surface area contributed by atoms with E-state index in [4.69, 9.17) is 5.73 Å². The maximum Gasteiger partial charge on any atom is 0.242 e. The topological polar surface area (TPSA) is 84.2 Å². The number of anilines is 1. The van der Waals surface area contributed by atoms with E-state index in [1.165, 1.54) is 31.0 Å². The second-order valence-electron chi connectivity index (χ2n) is 5.96. The van der Waals surface area contributed by atoms with Crippen LogP contribution in [0.2, 0.25) is 0 Å². The van der Waals surface area contributed by atoms with Crippen molar-refractivity contribution in [2.75, 3.05) is 11.1 Å². The van der Waals surface area contributed by atoms with Gasteiger partial charge in [0.2, 0.25) is 11.8 Å². The lowest BCUT2D eigenvalue weighted by molar-refractivity contribution is -0.122. The molecular formula is C17H25N3O2S. The summed E-state index contributed by atoms with van der Waals surface area (Å²) in [7, 11) is 0. The molecule has 6 heteroatoms. The lowest BCUT2D eigenvalue weighted by atomic mass is 9.95. The van der Waals surface area contributed by atoms with Crippen molar-refractivity contribution in [3.05, 3.63) is 24.3 Å². The number of carbonyl (C=O) groups excluding carboxylic acids is 2. The van der Waals surface area contributed by atoms with E-state index in [1.807, 2.05) is 31.2 Å². The standard InChI is InChI=1S/C17H25N3O2S/c1-12(17(22)20-13-7-3-2-4-8-13)19-14-9-5-6-10-15(14)23-11-16(18)21/h5-6,9-10,12-13,19H,2-4,7-8,11H2,1H3,(H2,18,21)(H,20,22)/t12-/m1/s1. The van der Waals surface area contributed by atoms with Gasteiger partial charge in [0.25, 0.3) is 0 Å². The fourth-order valence-electron chi connectivity index (χ4n) is 2.73. The quantitative estimate of drug-likeness (QED) is 0.669. The number of nitrogens with one attached hydrogen (secondary N) is 2. The van der Waals surface area contributed by atoms with Crippen LogP contribution in [0.4, 0.5) is 5.69 Å². The van der Waals surface area contributed by atoms with Crippen LogP contribution in [-0.2, 0) is 9.59 Å². The highest BCUT2D eigenvalue weighted by Gasteiger charge is 2.20. The number of para-hydroxylation sites is 1. The first-order valence-electron chi connectivity index (χ1n) is 8.13. The Morgan fingerprint density at radius 2 is 1.96 bits per heavy atom. The number of benzene rings is 1. The largest absolute Gasteiger partial charge is 0.373 e. The van der Waals surface area contributed by atoms with Gasteiger partial charge in [-0.2, -0.15) is 0 Å². The number of thioether (sulfide) groups is 1. The molecular weight excluding hydrogens is 310 g/mol. The van der Waals surface area contributed by atoms with Gasteiger partial charge < -0.3 is 16.4 Å². The van der Waals surface area contributed by atoms with E-state index in [1.54, 1.807) is 0 Å². The summed E-state index contributed by atoms with van der Waals surface area (Å²) in [5.41, 5.74) is 6.05. The number of nitrogens with two attached hydrogens (primary N) is 1. The minimum Gasteiger partial charge on any atom is -0.373 e. The van der Waals surface area contributed by atoms with Crippen molar-refractivity contribution in [2.45, 2.75) is 56.0 Å². The van der Waals surface area contributed by atoms with E-state index >= 15 is 0 Å². The smallest absolute Gasteiger partial charge is 0.242 e. The second-order valence-corrected chi connectivity index (χ2v) is 6.98. The van der Waals surface area contributed by atoms with Crippen LogP contribution in [-0.4, -0.2) is 29.7 Å². The Labute approximate surface area is 141 Å². The van der Waals surface area contributed by atoms with Crippen LogP contribution in [0.1, 0.15) is 39.0 Å². The molecule has 2 rings (SSSR count). The van der Waals surface area contributed by atoms with E-state index in [2.05, 4.69) is 10.6 Å². The summed E-state index contributed by atoms with van der Waals surface area (Å²) < 4.78 is 0. The molecule has 4 N–H and O–H groups in total. The number of hydrogen-bond acceptors (Lipinski definition) is 4. The van der Waals surface area contributed by atoms with Gasteiger partial charge in [-0.25, -0.2) is 0 Å². The van der Waals surface area contributed by atoms with Crippen molar-refractivity contribution < 1.29 is 9.59 Å². The highest BCUT2D eigenvalue weighted by Crippen LogP contribution is 2.27. The van der Waals surface area contributed by atoms with Gasteiger partial charge in [0.15, 0.2) is 0 Å². The van der Waals surface area contributed by atoms with E-state index in [-0.39, 0.29) is 23.6 Å². The third-order valence-corrected chi connectivity index (χ3v) is 5.07. The molecule has 1 aromatic rings. The van der Waals surface area contributed by atoms with Crippen LogP contribution < -0.4 is 16.4 Å².